The molecule has 9 heteroatoms. The molecule has 6 aromatic rings. The second kappa shape index (κ2) is 15.7. The number of carbonyl (C=O) groups is 3. The third-order valence-electron chi connectivity index (χ3n) is 10.8. The van der Waals surface area contributed by atoms with E-state index < -0.39 is 24.3 Å². The minimum Gasteiger partial charge on any atom is -0.480 e. The fourth-order valence-corrected chi connectivity index (χ4v) is 8.16. The number of alkyl carbamates (subject to hydrolysis) is 1. The quantitative estimate of drug-likeness (QED) is 0.0990. The highest BCUT2D eigenvalue weighted by atomic mass is 16.7. The minimum atomic E-state index is -1.21. The number of rotatable bonds is 11. The standard InChI is InChI=1S/C48H41NO8/c1-28-24-32(20-21-44(28)57-48(53)55-27-42-39-18-10-6-14-35(39)36-15-7-11-19-40(36)42)56-45-29(2)22-31(23-30(45)3)25-43(46(50)51)49-47(52)54-26-41-37-16-8-4-12-33(37)34-13-5-9-17-38(34)41/h4-24,41-43H,25-27H2,1-3H3,(H,49,52)(H,50,51). The van der Waals surface area contributed by atoms with E-state index >= 15 is 0 Å². The summed E-state index contributed by atoms with van der Waals surface area (Å²) in [5, 5.41) is 12.6. The summed E-state index contributed by atoms with van der Waals surface area (Å²) in [5.41, 5.74) is 11.9. The number of aryl methyl sites for hydroxylation is 3. The molecule has 0 aromatic heterocycles. The number of fused-ring (bicyclic) bond motifs is 6. The van der Waals surface area contributed by atoms with Crippen molar-refractivity contribution >= 4 is 18.2 Å². The molecule has 1 amide bonds. The smallest absolute Gasteiger partial charge is 0.480 e. The van der Waals surface area contributed by atoms with Crippen molar-refractivity contribution in [1.82, 2.24) is 5.32 Å². The Bertz CT molecular complexity index is 2410. The Kier molecular flexibility index (Phi) is 10.2. The summed E-state index contributed by atoms with van der Waals surface area (Å²) in [5.74, 6) is 0.110. The van der Waals surface area contributed by atoms with Gasteiger partial charge >= 0.3 is 18.2 Å². The normalized spacial score (nSPS) is 13.1. The van der Waals surface area contributed by atoms with E-state index in [0.29, 0.717) is 28.4 Å². The number of carboxylic acid groups (broad SMARTS) is 1. The molecule has 1 unspecified atom stereocenters. The molecule has 0 spiro atoms. The van der Waals surface area contributed by atoms with Crippen LogP contribution in [0.15, 0.2) is 127 Å². The maximum Gasteiger partial charge on any atom is 0.513 e. The molecule has 0 fully saturated rings. The molecular weight excluding hydrogens is 719 g/mol. The first-order valence-electron chi connectivity index (χ1n) is 18.9. The maximum absolute atomic E-state index is 12.9. The van der Waals surface area contributed by atoms with Crippen LogP contribution < -0.4 is 14.8 Å². The van der Waals surface area contributed by atoms with Crippen LogP contribution in [0.4, 0.5) is 9.59 Å². The van der Waals surface area contributed by atoms with E-state index in [4.69, 9.17) is 18.9 Å². The van der Waals surface area contributed by atoms with Crippen LogP contribution in [0.25, 0.3) is 22.3 Å². The molecule has 9 nitrogen and oxygen atoms in total. The van der Waals surface area contributed by atoms with Gasteiger partial charge in [0.25, 0.3) is 0 Å². The number of aliphatic carboxylic acids is 1. The summed E-state index contributed by atoms with van der Waals surface area (Å²) >= 11 is 0. The summed E-state index contributed by atoms with van der Waals surface area (Å²) in [7, 11) is 0. The zero-order valence-corrected chi connectivity index (χ0v) is 31.8. The van der Waals surface area contributed by atoms with Crippen molar-refractivity contribution in [3.05, 3.63) is 172 Å². The Morgan fingerprint density at radius 3 is 1.56 bits per heavy atom. The van der Waals surface area contributed by atoms with Crippen molar-refractivity contribution < 1.29 is 38.4 Å². The Balaban J connectivity index is 0.867. The summed E-state index contributed by atoms with van der Waals surface area (Å²) in [6.45, 7) is 5.81. The van der Waals surface area contributed by atoms with Crippen molar-refractivity contribution in [2.24, 2.45) is 0 Å². The summed E-state index contributed by atoms with van der Waals surface area (Å²) < 4.78 is 23.1. The van der Waals surface area contributed by atoms with Crippen LogP contribution in [-0.2, 0) is 20.7 Å². The number of amides is 1. The molecule has 8 rings (SSSR count). The first kappa shape index (κ1) is 37.1. The first-order valence-corrected chi connectivity index (χ1v) is 18.9. The topological polar surface area (TPSA) is 120 Å². The van der Waals surface area contributed by atoms with Crippen LogP contribution in [-0.4, -0.2) is 42.6 Å². The van der Waals surface area contributed by atoms with E-state index in [1.165, 1.54) is 0 Å². The molecule has 2 N–H and O–H groups in total. The number of benzene rings is 6. The zero-order chi connectivity index (χ0) is 39.6. The van der Waals surface area contributed by atoms with Gasteiger partial charge in [-0.1, -0.05) is 109 Å². The predicted octanol–water partition coefficient (Wildman–Crippen LogP) is 10.3. The van der Waals surface area contributed by atoms with Gasteiger partial charge in [-0.3, -0.25) is 0 Å². The van der Waals surface area contributed by atoms with Gasteiger partial charge in [0, 0.05) is 18.3 Å². The van der Waals surface area contributed by atoms with Crippen LogP contribution in [0.1, 0.15) is 56.3 Å². The lowest BCUT2D eigenvalue weighted by Gasteiger charge is -2.19. The molecule has 57 heavy (non-hydrogen) atoms. The number of hydrogen-bond donors (Lipinski definition) is 2. The van der Waals surface area contributed by atoms with Gasteiger partial charge in [-0.15, -0.1) is 0 Å². The predicted molar refractivity (Wildman–Crippen MR) is 216 cm³/mol. The molecule has 2 aliphatic carbocycles. The highest BCUT2D eigenvalue weighted by Gasteiger charge is 2.31. The summed E-state index contributed by atoms with van der Waals surface area (Å²) in [4.78, 5) is 38.1. The SMILES string of the molecule is Cc1cc(Oc2c(C)cc(CC(NC(=O)OCC3c4ccccc4-c4ccccc43)C(=O)O)cc2C)ccc1OC(=O)OCC1c2ccccc2-c2ccccc21. The van der Waals surface area contributed by atoms with Gasteiger partial charge < -0.3 is 29.4 Å². The maximum atomic E-state index is 12.9. The lowest BCUT2D eigenvalue weighted by molar-refractivity contribution is -0.139. The number of nitrogens with one attached hydrogen (secondary N) is 1. The van der Waals surface area contributed by atoms with Crippen molar-refractivity contribution in [2.75, 3.05) is 13.2 Å². The zero-order valence-electron chi connectivity index (χ0n) is 31.8. The molecular formula is C48H41NO8. The lowest BCUT2D eigenvalue weighted by Crippen LogP contribution is -2.43. The van der Waals surface area contributed by atoms with Gasteiger partial charge in [0.1, 0.15) is 36.5 Å². The molecule has 0 radical (unpaired) electrons. The van der Waals surface area contributed by atoms with E-state index in [0.717, 1.165) is 55.6 Å². The first-order chi connectivity index (χ1) is 27.6. The second-order valence-corrected chi connectivity index (χ2v) is 14.5. The number of hydrogen-bond acceptors (Lipinski definition) is 7. The van der Waals surface area contributed by atoms with Crippen LogP contribution >= 0.6 is 0 Å². The van der Waals surface area contributed by atoms with Gasteiger partial charge in [-0.25, -0.2) is 14.4 Å². The van der Waals surface area contributed by atoms with E-state index in [1.54, 1.807) is 18.2 Å². The van der Waals surface area contributed by atoms with Gasteiger partial charge in [0.05, 0.1) is 0 Å². The lowest BCUT2D eigenvalue weighted by atomic mass is 9.98. The second-order valence-electron chi connectivity index (χ2n) is 14.5. The molecule has 286 valence electrons. The Morgan fingerprint density at radius 1 is 0.614 bits per heavy atom. The fourth-order valence-electron chi connectivity index (χ4n) is 8.16. The molecule has 0 saturated heterocycles. The molecule has 0 aliphatic heterocycles. The van der Waals surface area contributed by atoms with Gasteiger partial charge in [0.2, 0.25) is 0 Å². The molecule has 1 atom stereocenters. The largest absolute Gasteiger partial charge is 0.513 e. The van der Waals surface area contributed by atoms with Crippen molar-refractivity contribution in [3.8, 4) is 39.5 Å². The average Bonchev–Trinajstić information content (AvgIpc) is 3.70. The van der Waals surface area contributed by atoms with Gasteiger partial charge in [-0.05, 0) is 106 Å². The van der Waals surface area contributed by atoms with Crippen molar-refractivity contribution in [1.29, 1.82) is 0 Å². The summed E-state index contributed by atoms with van der Waals surface area (Å²) in [6, 6.07) is 40.0. The molecule has 0 bridgehead atoms. The van der Waals surface area contributed by atoms with Crippen LogP contribution in [0.5, 0.6) is 17.2 Å². The van der Waals surface area contributed by atoms with E-state index in [2.05, 4.69) is 41.7 Å². The van der Waals surface area contributed by atoms with E-state index in [-0.39, 0.29) is 31.5 Å². The van der Waals surface area contributed by atoms with E-state index in [1.807, 2.05) is 93.6 Å². The number of carboxylic acids is 1. The fraction of sp³-hybridized carbons (Fsp3) is 0.188. The third kappa shape index (κ3) is 7.56. The van der Waals surface area contributed by atoms with Crippen LogP contribution in [0.2, 0.25) is 0 Å². The molecule has 2 aliphatic rings. The Morgan fingerprint density at radius 2 is 1.09 bits per heavy atom. The number of carbonyl (C=O) groups excluding carboxylic acids is 2. The van der Waals surface area contributed by atoms with Gasteiger partial charge in [0.15, 0.2) is 0 Å². The van der Waals surface area contributed by atoms with Crippen LogP contribution in [0, 0.1) is 20.8 Å². The minimum absolute atomic E-state index is 0.0441. The average molecular weight is 760 g/mol. The molecule has 0 heterocycles. The van der Waals surface area contributed by atoms with Crippen molar-refractivity contribution in [3.63, 3.8) is 0 Å². The highest BCUT2D eigenvalue weighted by Crippen LogP contribution is 2.46. The van der Waals surface area contributed by atoms with Crippen molar-refractivity contribution in [2.45, 2.75) is 45.1 Å². The number of ether oxygens (including phenoxy) is 4. The Labute approximate surface area is 330 Å². The van der Waals surface area contributed by atoms with Crippen LogP contribution in [0.3, 0.4) is 0 Å². The third-order valence-corrected chi connectivity index (χ3v) is 10.8. The molecule has 6 aromatic carbocycles. The van der Waals surface area contributed by atoms with E-state index in [9.17, 15) is 19.5 Å². The monoisotopic (exact) mass is 759 g/mol. The van der Waals surface area contributed by atoms with Gasteiger partial charge in [-0.2, -0.15) is 0 Å². The highest BCUT2D eigenvalue weighted by molar-refractivity contribution is 5.82. The Hall–Kier alpha value is -6.87. The molecule has 0 saturated carbocycles. The summed E-state index contributed by atoms with van der Waals surface area (Å²) in [6.07, 6.45) is -1.54.